The maximum absolute atomic E-state index is 12.1. The van der Waals surface area contributed by atoms with Gasteiger partial charge < -0.3 is 4.74 Å². The molecule has 2 heterocycles. The van der Waals surface area contributed by atoms with Gasteiger partial charge in [0, 0.05) is 25.6 Å². The number of ketones is 1. The number of hydrogen-bond acceptors (Lipinski definition) is 4. The van der Waals surface area contributed by atoms with E-state index in [4.69, 9.17) is 4.74 Å². The van der Waals surface area contributed by atoms with Crippen LogP contribution in [0.15, 0.2) is 29.7 Å². The molecule has 0 aromatic carbocycles. The molecule has 0 aliphatic carbocycles. The molecule has 4 heteroatoms. The third-order valence-corrected chi connectivity index (χ3v) is 3.95. The van der Waals surface area contributed by atoms with Gasteiger partial charge in [0.05, 0.1) is 18.1 Å². The number of hydrogen-bond donors (Lipinski definition) is 0. The maximum Gasteiger partial charge on any atom is 0.174 e. The molecule has 0 unspecified atom stereocenters. The topological polar surface area (TPSA) is 29.5 Å². The molecule has 1 fully saturated rings. The summed E-state index contributed by atoms with van der Waals surface area (Å²) in [4.78, 5) is 15.3. The fourth-order valence-corrected chi connectivity index (χ4v) is 2.86. The molecule has 3 nitrogen and oxygen atoms in total. The van der Waals surface area contributed by atoms with Crippen molar-refractivity contribution in [2.75, 3.05) is 26.3 Å². The number of nitrogens with zero attached hydrogens (tertiary/aromatic N) is 1. The van der Waals surface area contributed by atoms with Crippen molar-refractivity contribution in [1.82, 2.24) is 4.90 Å². The van der Waals surface area contributed by atoms with Crippen molar-refractivity contribution in [2.45, 2.75) is 19.4 Å². The largest absolute Gasteiger partial charge is 0.378 e. The highest BCUT2D eigenvalue weighted by Crippen LogP contribution is 2.17. The molecule has 1 atom stereocenters. The second-order valence-electron chi connectivity index (χ2n) is 4.76. The minimum Gasteiger partial charge on any atom is -0.378 e. The monoisotopic (exact) mass is 265 g/mol. The molecule has 0 N–H and O–H groups in total. The lowest BCUT2D eigenvalue weighted by Gasteiger charge is -2.35. The van der Waals surface area contributed by atoms with Crippen LogP contribution in [0.25, 0.3) is 0 Å². The van der Waals surface area contributed by atoms with E-state index in [2.05, 4.69) is 11.5 Å². The average molecular weight is 265 g/mol. The fourth-order valence-electron chi connectivity index (χ4n) is 2.18. The first-order chi connectivity index (χ1) is 8.66. The first-order valence-electron chi connectivity index (χ1n) is 6.19. The number of ether oxygens (including phenoxy) is 1. The highest BCUT2D eigenvalue weighted by molar-refractivity contribution is 7.12. The number of thiophene rings is 1. The van der Waals surface area contributed by atoms with E-state index in [1.807, 2.05) is 24.4 Å². The van der Waals surface area contributed by atoms with E-state index in [1.165, 1.54) is 11.3 Å². The van der Waals surface area contributed by atoms with Gasteiger partial charge in [-0.05, 0) is 18.4 Å². The Morgan fingerprint density at radius 1 is 1.67 bits per heavy atom. The summed E-state index contributed by atoms with van der Waals surface area (Å²) in [6, 6.07) is 3.99. The van der Waals surface area contributed by atoms with E-state index in [-0.39, 0.29) is 11.8 Å². The predicted molar refractivity (Wildman–Crippen MR) is 74.3 cm³/mol. The lowest BCUT2D eigenvalue weighted by atomic mass is 10.1. The molecule has 1 aliphatic heterocycles. The second kappa shape index (κ2) is 6.27. The molecule has 18 heavy (non-hydrogen) atoms. The third-order valence-electron chi connectivity index (χ3n) is 3.04. The lowest BCUT2D eigenvalue weighted by molar-refractivity contribution is -0.00403. The Bertz CT molecular complexity index is 413. The molecule has 0 saturated carbocycles. The van der Waals surface area contributed by atoms with Crippen LogP contribution in [0.5, 0.6) is 0 Å². The van der Waals surface area contributed by atoms with Crippen LogP contribution in [-0.4, -0.2) is 43.0 Å². The molecular formula is C14H19NO2S. The zero-order valence-corrected chi connectivity index (χ0v) is 11.5. The predicted octanol–water partition coefficient (Wildman–Crippen LogP) is 2.60. The lowest BCUT2D eigenvalue weighted by Crippen LogP contribution is -2.46. The zero-order chi connectivity index (χ0) is 13.0. The number of carbonyl (C=O) groups excluding carboxylic acids is 1. The fraction of sp³-hybridized carbons (Fsp3) is 0.500. The number of morpholine rings is 1. The molecule has 1 aliphatic rings. The van der Waals surface area contributed by atoms with Crippen LogP contribution in [0.4, 0.5) is 0 Å². The summed E-state index contributed by atoms with van der Waals surface area (Å²) < 4.78 is 5.49. The Hall–Kier alpha value is -0.970. The first-order valence-corrected chi connectivity index (χ1v) is 7.07. The Labute approximate surface area is 112 Å². The Kier molecular flexibility index (Phi) is 4.69. The molecular weight excluding hydrogens is 246 g/mol. The molecule has 0 spiro atoms. The SMILES string of the molecule is C=C(C)CN1CCOC[C@@H]1CC(=O)c1cccs1. The summed E-state index contributed by atoms with van der Waals surface area (Å²) in [5.41, 5.74) is 1.13. The molecule has 2 rings (SSSR count). The molecule has 1 aromatic heterocycles. The van der Waals surface area contributed by atoms with E-state index in [9.17, 15) is 4.79 Å². The Balaban J connectivity index is 1.97. The van der Waals surface area contributed by atoms with Crippen LogP contribution < -0.4 is 0 Å². The summed E-state index contributed by atoms with van der Waals surface area (Å²) in [6.45, 7) is 9.10. The quantitative estimate of drug-likeness (QED) is 0.605. The normalized spacial score (nSPS) is 20.8. The van der Waals surface area contributed by atoms with E-state index in [0.29, 0.717) is 13.0 Å². The van der Waals surface area contributed by atoms with Gasteiger partial charge in [0.15, 0.2) is 5.78 Å². The van der Waals surface area contributed by atoms with Crippen LogP contribution in [0.2, 0.25) is 0 Å². The number of rotatable bonds is 5. The van der Waals surface area contributed by atoms with Gasteiger partial charge in [-0.25, -0.2) is 0 Å². The third kappa shape index (κ3) is 3.51. The van der Waals surface area contributed by atoms with Gasteiger partial charge in [0.25, 0.3) is 0 Å². The minimum absolute atomic E-state index is 0.185. The van der Waals surface area contributed by atoms with Crippen LogP contribution in [0.3, 0.4) is 0 Å². The van der Waals surface area contributed by atoms with Gasteiger partial charge in [-0.15, -0.1) is 11.3 Å². The highest BCUT2D eigenvalue weighted by Gasteiger charge is 2.25. The summed E-state index contributed by atoms with van der Waals surface area (Å²) >= 11 is 1.51. The van der Waals surface area contributed by atoms with Gasteiger partial charge in [-0.2, -0.15) is 0 Å². The van der Waals surface area contributed by atoms with Crippen LogP contribution in [0, 0.1) is 0 Å². The van der Waals surface area contributed by atoms with Crippen molar-refractivity contribution in [1.29, 1.82) is 0 Å². The van der Waals surface area contributed by atoms with E-state index >= 15 is 0 Å². The number of carbonyl (C=O) groups is 1. The van der Waals surface area contributed by atoms with Gasteiger partial charge in [-0.1, -0.05) is 18.2 Å². The van der Waals surface area contributed by atoms with E-state index in [1.54, 1.807) is 0 Å². The summed E-state index contributed by atoms with van der Waals surface area (Å²) in [6.07, 6.45) is 0.536. The Morgan fingerprint density at radius 2 is 2.50 bits per heavy atom. The highest BCUT2D eigenvalue weighted by atomic mass is 32.1. The van der Waals surface area contributed by atoms with Crippen molar-refractivity contribution in [3.8, 4) is 0 Å². The van der Waals surface area contributed by atoms with Crippen molar-refractivity contribution < 1.29 is 9.53 Å². The molecule has 98 valence electrons. The molecule has 0 radical (unpaired) electrons. The van der Waals surface area contributed by atoms with Crippen molar-refractivity contribution >= 4 is 17.1 Å². The van der Waals surface area contributed by atoms with E-state index in [0.717, 1.165) is 30.1 Å². The second-order valence-corrected chi connectivity index (χ2v) is 5.71. The molecule has 0 amide bonds. The van der Waals surface area contributed by atoms with Crippen molar-refractivity contribution in [3.63, 3.8) is 0 Å². The van der Waals surface area contributed by atoms with Crippen LogP contribution in [-0.2, 0) is 4.74 Å². The molecule has 1 saturated heterocycles. The van der Waals surface area contributed by atoms with Gasteiger partial charge in [-0.3, -0.25) is 9.69 Å². The standard InChI is InChI=1S/C14H19NO2S/c1-11(2)9-15-5-6-17-10-12(15)8-13(16)14-4-3-7-18-14/h3-4,7,12H,1,5-6,8-10H2,2H3/t12-/m0/s1. The zero-order valence-electron chi connectivity index (χ0n) is 10.7. The Morgan fingerprint density at radius 3 is 3.17 bits per heavy atom. The smallest absolute Gasteiger partial charge is 0.174 e. The van der Waals surface area contributed by atoms with E-state index < -0.39 is 0 Å². The van der Waals surface area contributed by atoms with Crippen molar-refractivity contribution in [3.05, 3.63) is 34.5 Å². The summed E-state index contributed by atoms with van der Waals surface area (Å²) in [5.74, 6) is 0.215. The van der Waals surface area contributed by atoms with Gasteiger partial charge in [0.1, 0.15) is 0 Å². The average Bonchev–Trinajstić information content (AvgIpc) is 2.84. The van der Waals surface area contributed by atoms with Gasteiger partial charge in [0.2, 0.25) is 0 Å². The number of Topliss-reactive ketones (excluding diaryl/α,β-unsaturated/α-hetero) is 1. The maximum atomic E-state index is 12.1. The van der Waals surface area contributed by atoms with Crippen molar-refractivity contribution in [2.24, 2.45) is 0 Å². The molecule has 0 bridgehead atoms. The van der Waals surface area contributed by atoms with Crippen LogP contribution >= 0.6 is 11.3 Å². The van der Waals surface area contributed by atoms with Gasteiger partial charge >= 0.3 is 0 Å². The first kappa shape index (κ1) is 13.5. The summed E-state index contributed by atoms with van der Waals surface area (Å²) in [7, 11) is 0. The molecule has 1 aromatic rings. The summed E-state index contributed by atoms with van der Waals surface area (Å²) in [5, 5.41) is 1.94. The van der Waals surface area contributed by atoms with Crippen LogP contribution in [0.1, 0.15) is 23.0 Å². The minimum atomic E-state index is 0.185.